The standard InChI is InChI=1S/C15H13N3O3S2/c1-9(19)16-6-10-2-3-13(23-10)12(20)7-18-8-17-14-11(15(18)21)4-5-22-14/h2-5,8H,6-7H2,1H3,(H,16,19). The second-order valence-corrected chi connectivity index (χ2v) is 6.98. The number of rotatable bonds is 5. The molecule has 3 aromatic heterocycles. The fourth-order valence-corrected chi connectivity index (χ4v) is 3.67. The largest absolute Gasteiger partial charge is 0.351 e. The Morgan fingerprint density at radius 2 is 2.13 bits per heavy atom. The molecule has 0 aliphatic heterocycles. The zero-order valence-corrected chi connectivity index (χ0v) is 13.9. The zero-order chi connectivity index (χ0) is 16.4. The number of nitrogens with zero attached hydrogens (tertiary/aromatic N) is 2. The molecular formula is C15H13N3O3S2. The molecule has 6 nitrogen and oxygen atoms in total. The minimum Gasteiger partial charge on any atom is -0.351 e. The van der Waals surface area contributed by atoms with Gasteiger partial charge in [0, 0.05) is 11.8 Å². The van der Waals surface area contributed by atoms with E-state index in [0.717, 1.165) is 4.88 Å². The quantitative estimate of drug-likeness (QED) is 0.716. The highest BCUT2D eigenvalue weighted by molar-refractivity contribution is 7.16. The summed E-state index contributed by atoms with van der Waals surface area (Å²) in [6, 6.07) is 5.23. The molecule has 0 spiro atoms. The first-order valence-electron chi connectivity index (χ1n) is 6.83. The molecule has 0 radical (unpaired) electrons. The van der Waals surface area contributed by atoms with Crippen molar-refractivity contribution in [3.63, 3.8) is 0 Å². The Bertz CT molecular complexity index is 939. The molecule has 3 rings (SSSR count). The summed E-state index contributed by atoms with van der Waals surface area (Å²) in [5, 5.41) is 5.02. The predicted molar refractivity (Wildman–Crippen MR) is 90.1 cm³/mol. The predicted octanol–water partition coefficient (Wildman–Crippen LogP) is 2.04. The van der Waals surface area contributed by atoms with E-state index in [2.05, 4.69) is 10.3 Å². The van der Waals surface area contributed by atoms with Crippen LogP contribution in [0, 0.1) is 0 Å². The second-order valence-electron chi connectivity index (χ2n) is 4.92. The first kappa shape index (κ1) is 15.6. The lowest BCUT2D eigenvalue weighted by Gasteiger charge is -2.03. The van der Waals surface area contributed by atoms with Crippen LogP contribution in [0.2, 0.25) is 0 Å². The van der Waals surface area contributed by atoms with Crippen LogP contribution in [0.3, 0.4) is 0 Å². The van der Waals surface area contributed by atoms with Crippen LogP contribution in [0.15, 0.2) is 34.7 Å². The van der Waals surface area contributed by atoms with E-state index in [1.54, 1.807) is 23.6 Å². The summed E-state index contributed by atoms with van der Waals surface area (Å²) in [5.74, 6) is -0.268. The molecule has 3 heterocycles. The Morgan fingerprint density at radius 3 is 2.91 bits per heavy atom. The maximum atomic E-state index is 12.3. The van der Waals surface area contributed by atoms with E-state index in [1.807, 2.05) is 0 Å². The number of carbonyl (C=O) groups is 2. The highest BCUT2D eigenvalue weighted by Crippen LogP contribution is 2.18. The van der Waals surface area contributed by atoms with Crippen LogP contribution in [0.4, 0.5) is 0 Å². The average Bonchev–Trinajstić information content (AvgIpc) is 3.17. The molecule has 0 aromatic carbocycles. The van der Waals surface area contributed by atoms with Crippen molar-refractivity contribution in [3.8, 4) is 0 Å². The fourth-order valence-electron chi connectivity index (χ4n) is 2.07. The summed E-state index contributed by atoms with van der Waals surface area (Å²) >= 11 is 2.71. The molecule has 1 N–H and O–H groups in total. The van der Waals surface area contributed by atoms with Gasteiger partial charge in [-0.15, -0.1) is 22.7 Å². The van der Waals surface area contributed by atoms with Gasteiger partial charge in [-0.05, 0) is 23.6 Å². The average molecular weight is 347 g/mol. The van der Waals surface area contributed by atoms with Crippen LogP contribution in [0.1, 0.15) is 21.5 Å². The highest BCUT2D eigenvalue weighted by atomic mass is 32.1. The topological polar surface area (TPSA) is 81.1 Å². The van der Waals surface area contributed by atoms with Gasteiger partial charge in [-0.1, -0.05) is 0 Å². The summed E-state index contributed by atoms with van der Waals surface area (Å²) in [6.45, 7) is 1.80. The zero-order valence-electron chi connectivity index (χ0n) is 12.2. The molecule has 23 heavy (non-hydrogen) atoms. The number of hydrogen-bond donors (Lipinski definition) is 1. The summed E-state index contributed by atoms with van der Waals surface area (Å²) in [6.07, 6.45) is 1.41. The number of carbonyl (C=O) groups excluding carboxylic acids is 2. The van der Waals surface area contributed by atoms with E-state index >= 15 is 0 Å². The normalized spacial score (nSPS) is 10.8. The third kappa shape index (κ3) is 3.38. The fraction of sp³-hybridized carbons (Fsp3) is 0.200. The Kier molecular flexibility index (Phi) is 4.35. The molecule has 0 saturated carbocycles. The molecule has 118 valence electrons. The molecule has 0 aliphatic carbocycles. The number of Topliss-reactive ketones (excluding diaryl/α,β-unsaturated/α-hetero) is 1. The van der Waals surface area contributed by atoms with Crippen LogP contribution in [-0.2, 0) is 17.9 Å². The van der Waals surface area contributed by atoms with E-state index in [-0.39, 0.29) is 23.8 Å². The monoisotopic (exact) mass is 347 g/mol. The SMILES string of the molecule is CC(=O)NCc1ccc(C(=O)Cn2cnc3sccc3c2=O)s1. The van der Waals surface area contributed by atoms with Gasteiger partial charge in [0.2, 0.25) is 5.91 Å². The van der Waals surface area contributed by atoms with Crippen LogP contribution in [0.5, 0.6) is 0 Å². The number of aromatic nitrogens is 2. The van der Waals surface area contributed by atoms with Gasteiger partial charge in [-0.2, -0.15) is 0 Å². The minimum absolute atomic E-state index is 0.0439. The Labute approximate surface area is 139 Å². The molecule has 8 heteroatoms. The van der Waals surface area contributed by atoms with Gasteiger partial charge in [0.15, 0.2) is 5.78 Å². The van der Waals surface area contributed by atoms with Crippen molar-refractivity contribution in [3.05, 3.63) is 50.0 Å². The summed E-state index contributed by atoms with van der Waals surface area (Å²) in [4.78, 5) is 41.8. The van der Waals surface area contributed by atoms with Crippen molar-refractivity contribution in [2.75, 3.05) is 0 Å². The van der Waals surface area contributed by atoms with E-state index in [4.69, 9.17) is 0 Å². The van der Waals surface area contributed by atoms with E-state index in [1.165, 1.54) is 40.5 Å². The number of thiophene rings is 2. The first-order valence-corrected chi connectivity index (χ1v) is 8.53. The highest BCUT2D eigenvalue weighted by Gasteiger charge is 2.13. The molecule has 0 fully saturated rings. The van der Waals surface area contributed by atoms with Crippen molar-refractivity contribution in [1.82, 2.24) is 14.9 Å². The summed E-state index contributed by atoms with van der Waals surface area (Å²) < 4.78 is 1.32. The van der Waals surface area contributed by atoms with E-state index in [0.29, 0.717) is 21.6 Å². The molecule has 0 unspecified atom stereocenters. The number of ketones is 1. The number of hydrogen-bond acceptors (Lipinski definition) is 6. The van der Waals surface area contributed by atoms with Crippen molar-refractivity contribution in [2.45, 2.75) is 20.0 Å². The van der Waals surface area contributed by atoms with Crippen LogP contribution >= 0.6 is 22.7 Å². The van der Waals surface area contributed by atoms with Gasteiger partial charge >= 0.3 is 0 Å². The van der Waals surface area contributed by atoms with Gasteiger partial charge in [-0.3, -0.25) is 19.0 Å². The maximum absolute atomic E-state index is 12.3. The summed E-state index contributed by atoms with van der Waals surface area (Å²) in [5.41, 5.74) is -0.209. The van der Waals surface area contributed by atoms with Crippen molar-refractivity contribution >= 4 is 44.6 Å². The third-order valence-electron chi connectivity index (χ3n) is 3.21. The molecule has 0 aliphatic rings. The van der Waals surface area contributed by atoms with Crippen LogP contribution in [-0.4, -0.2) is 21.2 Å². The van der Waals surface area contributed by atoms with Gasteiger partial charge in [-0.25, -0.2) is 4.98 Å². The first-order chi connectivity index (χ1) is 11.0. The third-order valence-corrected chi connectivity index (χ3v) is 5.16. The lowest BCUT2D eigenvalue weighted by molar-refractivity contribution is -0.119. The molecular weight excluding hydrogens is 334 g/mol. The van der Waals surface area contributed by atoms with Gasteiger partial charge in [0.05, 0.1) is 29.7 Å². The molecule has 0 bridgehead atoms. The number of amides is 1. The maximum Gasteiger partial charge on any atom is 0.262 e. The molecule has 1 amide bonds. The van der Waals surface area contributed by atoms with E-state index in [9.17, 15) is 14.4 Å². The number of nitrogens with one attached hydrogen (secondary N) is 1. The van der Waals surface area contributed by atoms with Crippen molar-refractivity contribution in [2.24, 2.45) is 0 Å². The van der Waals surface area contributed by atoms with Crippen molar-refractivity contribution in [1.29, 1.82) is 0 Å². The molecule has 3 aromatic rings. The van der Waals surface area contributed by atoms with Gasteiger partial charge in [0.25, 0.3) is 5.56 Å². The van der Waals surface area contributed by atoms with Gasteiger partial charge < -0.3 is 5.32 Å². The minimum atomic E-state index is -0.209. The Hall–Kier alpha value is -2.32. The summed E-state index contributed by atoms with van der Waals surface area (Å²) in [7, 11) is 0. The van der Waals surface area contributed by atoms with Crippen molar-refractivity contribution < 1.29 is 9.59 Å². The lowest BCUT2D eigenvalue weighted by Crippen LogP contribution is -2.23. The van der Waals surface area contributed by atoms with Crippen LogP contribution < -0.4 is 10.9 Å². The van der Waals surface area contributed by atoms with Gasteiger partial charge in [0.1, 0.15) is 4.83 Å². The smallest absolute Gasteiger partial charge is 0.262 e. The van der Waals surface area contributed by atoms with Crippen LogP contribution in [0.25, 0.3) is 10.2 Å². The second kappa shape index (κ2) is 6.43. The number of fused-ring (bicyclic) bond motifs is 1. The Morgan fingerprint density at radius 1 is 1.30 bits per heavy atom. The Balaban J connectivity index is 1.76. The molecule has 0 atom stereocenters. The lowest BCUT2D eigenvalue weighted by atomic mass is 10.3. The molecule has 0 saturated heterocycles. The van der Waals surface area contributed by atoms with E-state index < -0.39 is 0 Å².